The van der Waals surface area contributed by atoms with Gasteiger partial charge in [-0.05, 0) is 65.5 Å². The molecule has 3 heterocycles. The molecule has 0 aromatic heterocycles. The van der Waals surface area contributed by atoms with Crippen LogP contribution in [0.4, 0.5) is 4.79 Å². The Labute approximate surface area is 287 Å². The van der Waals surface area contributed by atoms with Gasteiger partial charge in [-0.3, -0.25) is 9.69 Å². The van der Waals surface area contributed by atoms with Crippen molar-refractivity contribution in [3.05, 3.63) is 36.0 Å². The third kappa shape index (κ3) is 11.4. The molecule has 0 radical (unpaired) electrons. The molecule has 3 N–H and O–H groups in total. The van der Waals surface area contributed by atoms with Gasteiger partial charge in [-0.2, -0.15) is 0 Å². The predicted molar refractivity (Wildman–Crippen MR) is 184 cm³/mol. The molecule has 0 bridgehead atoms. The summed E-state index contributed by atoms with van der Waals surface area (Å²) in [6, 6.07) is 0.408. The van der Waals surface area contributed by atoms with Crippen LogP contribution in [0.3, 0.4) is 0 Å². The van der Waals surface area contributed by atoms with Crippen LogP contribution >= 0.6 is 0 Å². The number of aliphatic hydroxyl groups excluding tert-OH is 2. The molecular formula is C37H62N2O9. The number of allylic oxidation sites excluding steroid dienone is 2. The molecule has 0 saturated carbocycles. The first-order chi connectivity index (χ1) is 22.5. The number of carbonyl (C=O) groups excluding carboxylic acids is 2. The van der Waals surface area contributed by atoms with Gasteiger partial charge in [0.25, 0.3) is 0 Å². The topological polar surface area (TPSA) is 142 Å². The zero-order chi connectivity index (χ0) is 35.8. The molecule has 1 amide bonds. The first-order valence-electron chi connectivity index (χ1n) is 17.7. The summed E-state index contributed by atoms with van der Waals surface area (Å²) in [5.74, 6) is -0.837. The van der Waals surface area contributed by atoms with Crippen molar-refractivity contribution in [1.82, 2.24) is 9.80 Å². The number of aliphatic hydroxyl groups is 3. The van der Waals surface area contributed by atoms with Crippen molar-refractivity contribution in [3.8, 4) is 0 Å². The van der Waals surface area contributed by atoms with Crippen LogP contribution in [0, 0.1) is 11.8 Å². The van der Waals surface area contributed by atoms with Crippen molar-refractivity contribution in [2.45, 2.75) is 141 Å². The number of piperazine rings is 1. The lowest BCUT2D eigenvalue weighted by Gasteiger charge is -2.39. The number of methoxy groups -OCH3 is 1. The van der Waals surface area contributed by atoms with Gasteiger partial charge in [0, 0.05) is 57.6 Å². The number of cyclic esters (lactones) is 1. The van der Waals surface area contributed by atoms with Crippen molar-refractivity contribution in [1.29, 1.82) is 0 Å². The van der Waals surface area contributed by atoms with E-state index >= 15 is 0 Å². The average molecular weight is 679 g/mol. The maximum absolute atomic E-state index is 13.4. The van der Waals surface area contributed by atoms with Crippen LogP contribution in [0.2, 0.25) is 0 Å². The van der Waals surface area contributed by atoms with Gasteiger partial charge in [-0.1, -0.05) is 45.1 Å². The lowest BCUT2D eigenvalue weighted by atomic mass is 9.88. The molecule has 2 saturated heterocycles. The highest BCUT2D eigenvalue weighted by atomic mass is 16.6. The van der Waals surface area contributed by atoms with Crippen LogP contribution in [-0.2, 0) is 23.7 Å². The van der Waals surface area contributed by atoms with E-state index in [4.69, 9.17) is 18.9 Å². The van der Waals surface area contributed by atoms with E-state index in [9.17, 15) is 24.9 Å². The number of hydrogen-bond acceptors (Lipinski definition) is 10. The molecule has 3 rings (SSSR count). The Kier molecular flexibility index (Phi) is 14.7. The van der Waals surface area contributed by atoms with Gasteiger partial charge in [-0.25, -0.2) is 4.79 Å². The third-order valence-corrected chi connectivity index (χ3v) is 10.3. The van der Waals surface area contributed by atoms with E-state index in [2.05, 4.69) is 18.7 Å². The maximum Gasteiger partial charge on any atom is 0.410 e. The molecular weight excluding hydrogens is 616 g/mol. The van der Waals surface area contributed by atoms with Gasteiger partial charge in [0.1, 0.15) is 11.7 Å². The molecule has 2 fully saturated rings. The minimum Gasteiger partial charge on any atom is -0.457 e. The molecule has 274 valence electrons. The lowest BCUT2D eigenvalue weighted by molar-refractivity contribution is -0.151. The standard InChI is InChI=1S/C37H62N2O9/c1-10-29(41)27(6)34-30(46-34)23-36(7,44)16-11-12-25(4)33-26(5)13-14-31(37(8,45-9)17-15-28(40)22-32(42)48-33)47-35(43)39-20-18-38(19-21-39)24(2)3/h11-14,16,24,26-31,33-34,40-41,44H,10,15,17-23H2,1-9H3. The first kappa shape index (κ1) is 40.2. The maximum atomic E-state index is 13.4. The number of hydrogen-bond donors (Lipinski definition) is 3. The zero-order valence-corrected chi connectivity index (χ0v) is 30.6. The number of amides is 1. The molecule has 3 aliphatic heterocycles. The van der Waals surface area contributed by atoms with Crippen LogP contribution in [0.25, 0.3) is 0 Å². The van der Waals surface area contributed by atoms with Crippen LogP contribution in [0.15, 0.2) is 36.0 Å². The lowest BCUT2D eigenvalue weighted by Crippen LogP contribution is -2.53. The Morgan fingerprint density at radius 1 is 1.21 bits per heavy atom. The van der Waals surface area contributed by atoms with Gasteiger partial charge in [0.05, 0.1) is 36.4 Å². The number of epoxide rings is 1. The van der Waals surface area contributed by atoms with Gasteiger partial charge in [-0.15, -0.1) is 0 Å². The number of esters is 1. The molecule has 3 aliphatic rings. The number of carbonyl (C=O) groups is 2. The van der Waals surface area contributed by atoms with Crippen molar-refractivity contribution >= 4 is 12.1 Å². The van der Waals surface area contributed by atoms with Gasteiger partial charge in [0.2, 0.25) is 0 Å². The summed E-state index contributed by atoms with van der Waals surface area (Å²) in [4.78, 5) is 30.4. The zero-order valence-electron chi connectivity index (χ0n) is 30.6. The summed E-state index contributed by atoms with van der Waals surface area (Å²) >= 11 is 0. The highest BCUT2D eigenvalue weighted by molar-refractivity contribution is 5.70. The third-order valence-electron chi connectivity index (χ3n) is 10.3. The van der Waals surface area contributed by atoms with E-state index in [0.29, 0.717) is 38.4 Å². The van der Waals surface area contributed by atoms with Crippen LogP contribution in [0.5, 0.6) is 0 Å². The fourth-order valence-corrected chi connectivity index (χ4v) is 6.61. The molecule has 0 aromatic rings. The van der Waals surface area contributed by atoms with E-state index in [1.54, 1.807) is 37.2 Å². The fourth-order valence-electron chi connectivity index (χ4n) is 6.61. The minimum atomic E-state index is -1.14. The first-order valence-corrected chi connectivity index (χ1v) is 17.7. The molecule has 0 aromatic carbocycles. The smallest absolute Gasteiger partial charge is 0.410 e. The highest BCUT2D eigenvalue weighted by Crippen LogP contribution is 2.37. The minimum absolute atomic E-state index is 0.00363. The van der Waals surface area contributed by atoms with Crippen LogP contribution in [0.1, 0.15) is 87.5 Å². The van der Waals surface area contributed by atoms with Crippen molar-refractivity contribution in [2.75, 3.05) is 33.3 Å². The highest BCUT2D eigenvalue weighted by Gasteiger charge is 2.47. The van der Waals surface area contributed by atoms with E-state index < -0.39 is 47.7 Å². The van der Waals surface area contributed by atoms with E-state index in [-0.39, 0.29) is 36.9 Å². The Morgan fingerprint density at radius 2 is 1.88 bits per heavy atom. The Morgan fingerprint density at radius 3 is 2.48 bits per heavy atom. The molecule has 48 heavy (non-hydrogen) atoms. The monoisotopic (exact) mass is 678 g/mol. The number of rotatable bonds is 11. The van der Waals surface area contributed by atoms with Crippen molar-refractivity contribution in [3.63, 3.8) is 0 Å². The quantitative estimate of drug-likeness (QED) is 0.125. The molecule has 11 nitrogen and oxygen atoms in total. The van der Waals surface area contributed by atoms with E-state index in [1.807, 2.05) is 46.8 Å². The Balaban J connectivity index is 1.77. The molecule has 0 aliphatic carbocycles. The summed E-state index contributed by atoms with van der Waals surface area (Å²) in [6.45, 7) is 18.2. The number of ether oxygens (including phenoxy) is 4. The van der Waals surface area contributed by atoms with Crippen LogP contribution in [-0.4, -0.2) is 124 Å². The summed E-state index contributed by atoms with van der Waals surface area (Å²) in [7, 11) is 1.56. The average Bonchev–Trinajstić information content (AvgIpc) is 3.80. The second-order valence-corrected chi connectivity index (χ2v) is 14.8. The second kappa shape index (κ2) is 17.6. The van der Waals surface area contributed by atoms with Gasteiger partial charge >= 0.3 is 12.1 Å². The predicted octanol–water partition coefficient (Wildman–Crippen LogP) is 4.39. The van der Waals surface area contributed by atoms with E-state index in [1.165, 1.54) is 0 Å². The van der Waals surface area contributed by atoms with Crippen molar-refractivity contribution in [2.24, 2.45) is 11.8 Å². The fraction of sp³-hybridized carbons (Fsp3) is 0.784. The number of nitrogens with zero attached hydrogens (tertiary/aromatic N) is 2. The van der Waals surface area contributed by atoms with Gasteiger partial charge < -0.3 is 39.2 Å². The molecule has 10 atom stereocenters. The summed E-state index contributed by atoms with van der Waals surface area (Å²) in [5, 5.41) is 31.9. The SMILES string of the molecule is CCC(O)C(C)C1OC1CC(C)(O)C=CC=C(C)C1OC(=O)CC(O)CCC(C)(OC)C(OC(=O)N2CCN(C(C)C)CC2)C=CC1C. The van der Waals surface area contributed by atoms with Crippen molar-refractivity contribution < 1.29 is 43.9 Å². The largest absolute Gasteiger partial charge is 0.457 e. The molecule has 11 heteroatoms. The Bertz CT molecular complexity index is 1150. The summed E-state index contributed by atoms with van der Waals surface area (Å²) in [6.07, 6.45) is 6.99. The Hall–Kier alpha value is -2.28. The summed E-state index contributed by atoms with van der Waals surface area (Å²) in [5.41, 5.74) is -1.35. The normalized spacial score (nSPS) is 33.8. The van der Waals surface area contributed by atoms with Crippen LogP contribution < -0.4 is 0 Å². The van der Waals surface area contributed by atoms with Gasteiger partial charge in [0.15, 0.2) is 6.10 Å². The second-order valence-electron chi connectivity index (χ2n) is 14.8. The van der Waals surface area contributed by atoms with E-state index in [0.717, 1.165) is 18.7 Å². The molecule has 10 unspecified atom stereocenters. The molecule has 0 spiro atoms. The summed E-state index contributed by atoms with van der Waals surface area (Å²) < 4.78 is 23.7.